The summed E-state index contributed by atoms with van der Waals surface area (Å²) in [6.07, 6.45) is 0. The third-order valence-electron chi connectivity index (χ3n) is 14.8. The summed E-state index contributed by atoms with van der Waals surface area (Å²) in [7, 11) is 0. The Morgan fingerprint density at radius 1 is 0.348 bits per heavy atom. The van der Waals surface area contributed by atoms with Gasteiger partial charge in [-0.3, -0.25) is 0 Å². The van der Waals surface area contributed by atoms with Gasteiger partial charge < -0.3 is 8.98 Å². The first-order chi connectivity index (χ1) is 34.2. The Balaban J connectivity index is 1.01. The summed E-state index contributed by atoms with van der Waals surface area (Å²) in [5, 5.41) is 4.65. The highest BCUT2D eigenvalue weighted by Crippen LogP contribution is 2.61. The minimum Gasteiger partial charge on any atom is -0.455 e. The summed E-state index contributed by atoms with van der Waals surface area (Å²) >= 11 is 0. The number of benzene rings is 10. The van der Waals surface area contributed by atoms with Gasteiger partial charge in [0.15, 0.2) is 5.82 Å². The van der Waals surface area contributed by atoms with E-state index in [1.54, 1.807) is 0 Å². The van der Waals surface area contributed by atoms with Crippen molar-refractivity contribution in [3.05, 3.63) is 259 Å². The van der Waals surface area contributed by atoms with E-state index in [4.69, 9.17) is 14.4 Å². The molecule has 0 bridgehead atoms. The number of aromatic nitrogens is 3. The lowest BCUT2D eigenvalue weighted by atomic mass is 9.65. The number of para-hydroxylation sites is 5. The van der Waals surface area contributed by atoms with Gasteiger partial charge in [0.05, 0.1) is 33.5 Å². The van der Waals surface area contributed by atoms with E-state index < -0.39 is 5.41 Å². The Morgan fingerprint density at radius 3 is 1.83 bits per heavy atom. The van der Waals surface area contributed by atoms with E-state index in [0.29, 0.717) is 5.82 Å². The van der Waals surface area contributed by atoms with Crippen LogP contribution in [0.3, 0.4) is 0 Å². The van der Waals surface area contributed by atoms with Gasteiger partial charge in [-0.2, -0.15) is 0 Å². The summed E-state index contributed by atoms with van der Waals surface area (Å²) in [6, 6.07) is 85.5. The molecule has 0 saturated carbocycles. The predicted octanol–water partition coefficient (Wildman–Crippen LogP) is 16.5. The van der Waals surface area contributed by atoms with Gasteiger partial charge in [-0.05, 0) is 98.1 Å². The maximum Gasteiger partial charge on any atom is 0.160 e. The van der Waals surface area contributed by atoms with Gasteiger partial charge in [-0.1, -0.05) is 194 Å². The van der Waals surface area contributed by atoms with Crippen LogP contribution in [0.4, 0.5) is 0 Å². The Labute approximate surface area is 398 Å². The maximum absolute atomic E-state index is 6.71. The number of fused-ring (bicyclic) bond motifs is 15. The van der Waals surface area contributed by atoms with Crippen LogP contribution < -0.4 is 0 Å². The molecule has 1 unspecified atom stereocenters. The number of hydrogen-bond donors (Lipinski definition) is 0. The third-order valence-corrected chi connectivity index (χ3v) is 14.8. The van der Waals surface area contributed by atoms with Gasteiger partial charge in [0.2, 0.25) is 0 Å². The lowest BCUT2D eigenvalue weighted by Gasteiger charge is -2.39. The van der Waals surface area contributed by atoms with Gasteiger partial charge >= 0.3 is 0 Å². The molecule has 13 aromatic rings. The fourth-order valence-electron chi connectivity index (χ4n) is 11.9. The zero-order valence-electron chi connectivity index (χ0n) is 37.3. The van der Waals surface area contributed by atoms with Crippen LogP contribution in [-0.2, 0) is 5.41 Å². The fourth-order valence-corrected chi connectivity index (χ4v) is 11.9. The molecule has 69 heavy (non-hydrogen) atoms. The van der Waals surface area contributed by atoms with Gasteiger partial charge in [-0.15, -0.1) is 0 Å². The second kappa shape index (κ2) is 14.4. The normalized spacial score (nSPS) is 14.4. The summed E-state index contributed by atoms with van der Waals surface area (Å²) in [5.74, 6) is 0.645. The second-order valence-electron chi connectivity index (χ2n) is 18.4. The third kappa shape index (κ3) is 5.34. The average Bonchev–Trinajstić information content (AvgIpc) is 4.07. The molecule has 0 saturated heterocycles. The maximum atomic E-state index is 6.71. The molecule has 3 aromatic heterocycles. The van der Waals surface area contributed by atoms with E-state index in [2.05, 4.69) is 229 Å². The molecule has 320 valence electrons. The Hall–Kier alpha value is -9.12. The lowest BCUT2D eigenvalue weighted by molar-refractivity contribution is 0.670. The van der Waals surface area contributed by atoms with E-state index in [1.165, 1.54) is 60.9 Å². The van der Waals surface area contributed by atoms with Crippen LogP contribution in [0.5, 0.6) is 0 Å². The molecule has 4 heteroatoms. The van der Waals surface area contributed by atoms with Crippen molar-refractivity contribution >= 4 is 43.7 Å². The van der Waals surface area contributed by atoms with Crippen molar-refractivity contribution in [2.45, 2.75) is 5.41 Å². The zero-order chi connectivity index (χ0) is 45.2. The van der Waals surface area contributed by atoms with E-state index in [1.807, 2.05) is 12.1 Å². The molecule has 0 amide bonds. The second-order valence-corrected chi connectivity index (χ2v) is 18.4. The highest BCUT2D eigenvalue weighted by molar-refractivity contribution is 6.13. The van der Waals surface area contributed by atoms with E-state index >= 15 is 0 Å². The summed E-state index contributed by atoms with van der Waals surface area (Å²) < 4.78 is 9.20. The van der Waals surface area contributed by atoms with Gasteiger partial charge in [0.1, 0.15) is 11.2 Å². The van der Waals surface area contributed by atoms with Crippen molar-refractivity contribution in [1.29, 1.82) is 0 Å². The quantitative estimate of drug-likeness (QED) is 0.173. The topological polar surface area (TPSA) is 43.9 Å². The number of nitrogens with zero attached hydrogens (tertiary/aromatic N) is 3. The van der Waals surface area contributed by atoms with Crippen molar-refractivity contribution < 1.29 is 4.42 Å². The number of hydrogen-bond acceptors (Lipinski definition) is 3. The lowest BCUT2D eigenvalue weighted by Crippen LogP contribution is -2.33. The molecule has 2 aliphatic rings. The highest BCUT2D eigenvalue weighted by Gasteiger charge is 2.51. The molecule has 4 heterocycles. The van der Waals surface area contributed by atoms with Crippen LogP contribution in [0.2, 0.25) is 0 Å². The van der Waals surface area contributed by atoms with Crippen LogP contribution in [-0.4, -0.2) is 14.5 Å². The first-order valence-electron chi connectivity index (χ1n) is 23.6. The van der Waals surface area contributed by atoms with Crippen molar-refractivity contribution in [2.75, 3.05) is 0 Å². The average molecular weight is 878 g/mol. The van der Waals surface area contributed by atoms with Crippen LogP contribution in [0.25, 0.3) is 117 Å². The number of furan rings is 1. The molecule has 10 aromatic carbocycles. The van der Waals surface area contributed by atoms with Crippen LogP contribution >= 0.6 is 0 Å². The summed E-state index contributed by atoms with van der Waals surface area (Å²) in [6.45, 7) is 0. The molecule has 1 atom stereocenters. The first-order valence-corrected chi connectivity index (χ1v) is 23.6. The monoisotopic (exact) mass is 877 g/mol. The van der Waals surface area contributed by atoms with Crippen LogP contribution in [0.1, 0.15) is 22.3 Å². The van der Waals surface area contributed by atoms with Crippen LogP contribution in [0.15, 0.2) is 241 Å². The van der Waals surface area contributed by atoms with Gasteiger partial charge in [0, 0.05) is 38.2 Å². The molecule has 0 radical (unpaired) electrons. The summed E-state index contributed by atoms with van der Waals surface area (Å²) in [5.41, 5.74) is 21.2. The molecular weight excluding hydrogens is 839 g/mol. The minimum atomic E-state index is -0.615. The molecular formula is C65H39N3O. The predicted molar refractivity (Wildman–Crippen MR) is 282 cm³/mol. The van der Waals surface area contributed by atoms with Crippen molar-refractivity contribution in [3.8, 4) is 73.0 Å². The van der Waals surface area contributed by atoms with E-state index in [-0.39, 0.29) is 0 Å². The van der Waals surface area contributed by atoms with Gasteiger partial charge in [-0.25, -0.2) is 9.97 Å². The molecule has 4 nitrogen and oxygen atoms in total. The molecule has 0 fully saturated rings. The largest absolute Gasteiger partial charge is 0.455 e. The van der Waals surface area contributed by atoms with E-state index in [0.717, 1.165) is 72.3 Å². The van der Waals surface area contributed by atoms with Crippen molar-refractivity contribution in [1.82, 2.24) is 14.5 Å². The standard InChI is InChI=1S/C65H39N3O/c1-3-17-40(18-4-1)42-33-36-46(52(37-42)41-19-5-2-6-20-41)57-39-58(51-26-15-25-50-48-23-9-14-32-61(48)69-63(50)51)67-64(66-57)43-34-35-45-44-21-7-10-27-53(44)65(56(45)38-43)54-28-11-13-31-60(54)68-59-30-12-8-22-47(59)49-24-16-29-55(65)62(49)68/h1-39H. The highest BCUT2D eigenvalue weighted by atomic mass is 16.3. The Kier molecular flexibility index (Phi) is 7.96. The molecule has 1 aliphatic heterocycles. The SMILES string of the molecule is c1ccc(-c2ccc(-c3cc(-c4cccc5c4oc4ccccc45)nc(-c4ccc5c(c4)C4(c6ccccc6-5)c5ccccc5-n5c6ccccc6c6cccc4c65)n3)c(-c3ccccc3)c2)cc1. The number of rotatable bonds is 5. The molecule has 0 N–H and O–H groups in total. The molecule has 1 aliphatic carbocycles. The smallest absolute Gasteiger partial charge is 0.160 e. The molecule has 15 rings (SSSR count). The summed E-state index contributed by atoms with van der Waals surface area (Å²) in [4.78, 5) is 11.2. The van der Waals surface area contributed by atoms with E-state index in [9.17, 15) is 0 Å². The van der Waals surface area contributed by atoms with Crippen LogP contribution in [0, 0.1) is 0 Å². The fraction of sp³-hybridized carbons (Fsp3) is 0.0154. The Morgan fingerprint density at radius 2 is 0.957 bits per heavy atom. The first kappa shape index (κ1) is 38.0. The zero-order valence-corrected chi connectivity index (χ0v) is 37.3. The van der Waals surface area contributed by atoms with Crippen molar-refractivity contribution in [3.63, 3.8) is 0 Å². The molecule has 1 spiro atoms. The Bertz CT molecular complexity index is 4260. The van der Waals surface area contributed by atoms with Crippen molar-refractivity contribution in [2.24, 2.45) is 0 Å². The minimum absolute atomic E-state index is 0.615. The van der Waals surface area contributed by atoms with Gasteiger partial charge in [0.25, 0.3) is 0 Å².